The summed E-state index contributed by atoms with van der Waals surface area (Å²) in [7, 11) is 0. The summed E-state index contributed by atoms with van der Waals surface area (Å²) in [6, 6.07) is 59.1. The Labute approximate surface area is 272 Å². The third-order valence-corrected chi connectivity index (χ3v) is 8.93. The Hall–Kier alpha value is -6.32. The first kappa shape index (κ1) is 27.0. The van der Waals surface area contributed by atoms with Crippen LogP contribution in [0, 0.1) is 0 Å². The van der Waals surface area contributed by atoms with Crippen LogP contribution in [0.1, 0.15) is 0 Å². The Balaban J connectivity index is 1.29. The second-order valence-corrected chi connectivity index (χ2v) is 11.8. The predicted molar refractivity (Wildman–Crippen MR) is 194 cm³/mol. The number of rotatable bonds is 5. The number of furan rings is 1. The van der Waals surface area contributed by atoms with Gasteiger partial charge in [-0.05, 0) is 51.2 Å². The van der Waals surface area contributed by atoms with Gasteiger partial charge in [0, 0.05) is 21.9 Å². The molecular weight excluding hydrogens is 572 g/mol. The van der Waals surface area contributed by atoms with Gasteiger partial charge in [-0.1, -0.05) is 152 Å². The van der Waals surface area contributed by atoms with Crippen molar-refractivity contribution in [2.75, 3.05) is 0 Å². The van der Waals surface area contributed by atoms with Crippen LogP contribution < -0.4 is 0 Å². The molecule has 47 heavy (non-hydrogen) atoms. The summed E-state index contributed by atoms with van der Waals surface area (Å²) in [5.74, 6) is 0.628. The van der Waals surface area contributed by atoms with Gasteiger partial charge in [-0.25, -0.2) is 9.97 Å². The molecule has 0 unspecified atom stereocenters. The number of aromatic nitrogens is 2. The maximum absolute atomic E-state index is 6.65. The molecular formula is C44H28N2O. The van der Waals surface area contributed by atoms with E-state index in [0.29, 0.717) is 5.82 Å². The van der Waals surface area contributed by atoms with Crippen molar-refractivity contribution in [3.05, 3.63) is 170 Å². The standard InChI is InChI=1S/C44H28N2O/c1-3-13-32(14-4-1)39-28-40(33-15-5-2-6-16-33)46-44(45-39)42-36(26-27-38-37-19-9-10-21-41(37)47-43(38)42)31-24-22-30(23-25-31)35-20-11-17-29-12-7-8-18-34(29)35/h1-28H. The highest BCUT2D eigenvalue weighted by Gasteiger charge is 2.21. The normalized spacial score (nSPS) is 11.4. The predicted octanol–water partition coefficient (Wildman–Crippen LogP) is 11.9. The van der Waals surface area contributed by atoms with E-state index in [4.69, 9.17) is 14.4 Å². The van der Waals surface area contributed by atoms with Gasteiger partial charge in [0.05, 0.1) is 17.0 Å². The molecule has 0 N–H and O–H groups in total. The zero-order chi connectivity index (χ0) is 31.2. The van der Waals surface area contributed by atoms with Crippen molar-refractivity contribution >= 4 is 32.7 Å². The van der Waals surface area contributed by atoms with Crippen molar-refractivity contribution in [2.45, 2.75) is 0 Å². The number of hydrogen-bond donors (Lipinski definition) is 0. The zero-order valence-electron chi connectivity index (χ0n) is 25.5. The third kappa shape index (κ3) is 4.77. The first-order valence-electron chi connectivity index (χ1n) is 15.8. The van der Waals surface area contributed by atoms with Crippen LogP contribution in [-0.2, 0) is 0 Å². The molecule has 0 fully saturated rings. The van der Waals surface area contributed by atoms with Crippen LogP contribution in [0.4, 0.5) is 0 Å². The topological polar surface area (TPSA) is 38.9 Å². The average molecular weight is 601 g/mol. The minimum atomic E-state index is 0.628. The Kier molecular flexibility index (Phi) is 6.46. The van der Waals surface area contributed by atoms with Crippen molar-refractivity contribution in [3.8, 4) is 56.2 Å². The lowest BCUT2D eigenvalue weighted by atomic mass is 9.93. The molecule has 220 valence electrons. The van der Waals surface area contributed by atoms with E-state index in [2.05, 4.69) is 121 Å². The lowest BCUT2D eigenvalue weighted by Crippen LogP contribution is -1.98. The summed E-state index contributed by atoms with van der Waals surface area (Å²) in [5.41, 5.74) is 10.8. The molecule has 3 heteroatoms. The summed E-state index contributed by atoms with van der Waals surface area (Å²) in [6.45, 7) is 0. The number of nitrogens with zero attached hydrogens (tertiary/aromatic N) is 2. The molecule has 2 heterocycles. The third-order valence-electron chi connectivity index (χ3n) is 8.93. The molecule has 3 nitrogen and oxygen atoms in total. The van der Waals surface area contributed by atoms with Gasteiger partial charge < -0.3 is 4.42 Å². The van der Waals surface area contributed by atoms with E-state index in [-0.39, 0.29) is 0 Å². The molecule has 0 aliphatic rings. The van der Waals surface area contributed by atoms with E-state index in [1.54, 1.807) is 0 Å². The van der Waals surface area contributed by atoms with Crippen LogP contribution in [0.3, 0.4) is 0 Å². The van der Waals surface area contributed by atoms with E-state index < -0.39 is 0 Å². The molecule has 0 aliphatic heterocycles. The van der Waals surface area contributed by atoms with E-state index in [1.165, 1.54) is 21.9 Å². The summed E-state index contributed by atoms with van der Waals surface area (Å²) in [6.07, 6.45) is 0. The van der Waals surface area contributed by atoms with Gasteiger partial charge in [-0.3, -0.25) is 0 Å². The number of para-hydroxylation sites is 1. The van der Waals surface area contributed by atoms with Crippen molar-refractivity contribution in [1.29, 1.82) is 0 Å². The number of benzene rings is 7. The molecule has 0 aliphatic carbocycles. The van der Waals surface area contributed by atoms with E-state index in [1.807, 2.05) is 48.5 Å². The molecule has 0 spiro atoms. The van der Waals surface area contributed by atoms with E-state index >= 15 is 0 Å². The summed E-state index contributed by atoms with van der Waals surface area (Å²) in [5, 5.41) is 4.59. The molecule has 2 aromatic heterocycles. The van der Waals surface area contributed by atoms with Gasteiger partial charge in [0.1, 0.15) is 11.2 Å². The first-order valence-corrected chi connectivity index (χ1v) is 15.8. The maximum Gasteiger partial charge on any atom is 0.164 e. The van der Waals surface area contributed by atoms with E-state index in [0.717, 1.165) is 61.1 Å². The van der Waals surface area contributed by atoms with Crippen LogP contribution in [0.25, 0.3) is 88.9 Å². The van der Waals surface area contributed by atoms with Crippen molar-refractivity contribution in [2.24, 2.45) is 0 Å². The minimum Gasteiger partial charge on any atom is -0.455 e. The van der Waals surface area contributed by atoms with Crippen LogP contribution >= 0.6 is 0 Å². The largest absolute Gasteiger partial charge is 0.455 e. The minimum absolute atomic E-state index is 0.628. The lowest BCUT2D eigenvalue weighted by Gasteiger charge is -2.14. The van der Waals surface area contributed by atoms with E-state index in [9.17, 15) is 0 Å². The summed E-state index contributed by atoms with van der Waals surface area (Å²) in [4.78, 5) is 10.5. The second-order valence-electron chi connectivity index (χ2n) is 11.8. The Morgan fingerprint density at radius 1 is 0.383 bits per heavy atom. The highest BCUT2D eigenvalue weighted by Crippen LogP contribution is 2.42. The van der Waals surface area contributed by atoms with Crippen LogP contribution in [0.15, 0.2) is 174 Å². The molecule has 0 bridgehead atoms. The molecule has 9 rings (SSSR count). The fourth-order valence-electron chi connectivity index (χ4n) is 6.63. The maximum atomic E-state index is 6.65. The van der Waals surface area contributed by atoms with Gasteiger partial charge in [0.15, 0.2) is 5.82 Å². The zero-order valence-corrected chi connectivity index (χ0v) is 25.5. The molecule has 0 saturated heterocycles. The van der Waals surface area contributed by atoms with Gasteiger partial charge in [-0.2, -0.15) is 0 Å². The summed E-state index contributed by atoms with van der Waals surface area (Å²) >= 11 is 0. The fourth-order valence-corrected chi connectivity index (χ4v) is 6.63. The van der Waals surface area contributed by atoms with Crippen molar-refractivity contribution < 1.29 is 4.42 Å². The highest BCUT2D eigenvalue weighted by atomic mass is 16.3. The number of hydrogen-bond acceptors (Lipinski definition) is 3. The Bertz CT molecular complexity index is 2490. The SMILES string of the molecule is c1ccc(-c2cc(-c3ccccc3)nc(-c3c(-c4ccc(-c5cccc6ccccc56)cc4)ccc4c3oc3ccccc34)n2)cc1. The van der Waals surface area contributed by atoms with Crippen LogP contribution in [-0.4, -0.2) is 9.97 Å². The molecule has 0 atom stereocenters. The highest BCUT2D eigenvalue weighted by molar-refractivity contribution is 6.12. The quantitative estimate of drug-likeness (QED) is 0.197. The monoisotopic (exact) mass is 600 g/mol. The Morgan fingerprint density at radius 3 is 1.66 bits per heavy atom. The van der Waals surface area contributed by atoms with Crippen molar-refractivity contribution in [1.82, 2.24) is 9.97 Å². The smallest absolute Gasteiger partial charge is 0.164 e. The molecule has 9 aromatic rings. The molecule has 0 amide bonds. The van der Waals surface area contributed by atoms with Crippen LogP contribution in [0.2, 0.25) is 0 Å². The van der Waals surface area contributed by atoms with Crippen molar-refractivity contribution in [3.63, 3.8) is 0 Å². The van der Waals surface area contributed by atoms with Gasteiger partial charge in [-0.15, -0.1) is 0 Å². The second kappa shape index (κ2) is 11.2. The molecule has 7 aromatic carbocycles. The first-order chi connectivity index (χ1) is 23.3. The molecule has 0 saturated carbocycles. The Morgan fingerprint density at radius 2 is 0.957 bits per heavy atom. The van der Waals surface area contributed by atoms with Gasteiger partial charge >= 0.3 is 0 Å². The van der Waals surface area contributed by atoms with Crippen LogP contribution in [0.5, 0.6) is 0 Å². The van der Waals surface area contributed by atoms with Gasteiger partial charge in [0.2, 0.25) is 0 Å². The lowest BCUT2D eigenvalue weighted by molar-refractivity contribution is 0.669. The number of fused-ring (bicyclic) bond motifs is 4. The fraction of sp³-hybridized carbons (Fsp3) is 0. The molecule has 0 radical (unpaired) electrons. The average Bonchev–Trinajstić information content (AvgIpc) is 3.54. The summed E-state index contributed by atoms with van der Waals surface area (Å²) < 4.78 is 6.65. The van der Waals surface area contributed by atoms with Gasteiger partial charge in [0.25, 0.3) is 0 Å².